The number of ether oxygens (including phenoxy) is 1. The van der Waals surface area contributed by atoms with E-state index in [0.717, 1.165) is 6.07 Å². The van der Waals surface area contributed by atoms with Crippen LogP contribution in [-0.2, 0) is 0 Å². The summed E-state index contributed by atoms with van der Waals surface area (Å²) in [6.07, 6.45) is 0. The monoisotopic (exact) mass is 282 g/mol. The number of nitrogens with zero attached hydrogens (tertiary/aromatic N) is 2. The zero-order valence-corrected chi connectivity index (χ0v) is 10.5. The number of methoxy groups -OCH3 is 1. The predicted molar refractivity (Wildman–Crippen MR) is 67.8 cm³/mol. The number of pyridine rings is 1. The Labute approximate surface area is 112 Å². The van der Waals surface area contributed by atoms with Crippen LogP contribution in [0.25, 0.3) is 11.3 Å². The van der Waals surface area contributed by atoms with Crippen molar-refractivity contribution in [2.45, 2.75) is 0 Å². The van der Waals surface area contributed by atoms with Gasteiger partial charge >= 0.3 is 0 Å². The second-order valence-corrected chi connectivity index (χ2v) is 3.99. The minimum atomic E-state index is -0.608. The Bertz CT molecular complexity index is 649. The second kappa shape index (κ2) is 5.19. The number of halogens is 2. The summed E-state index contributed by atoms with van der Waals surface area (Å²) in [6, 6.07) is 6.20. The molecule has 0 aliphatic heterocycles. The lowest BCUT2D eigenvalue weighted by atomic mass is 10.1. The fourth-order valence-corrected chi connectivity index (χ4v) is 1.79. The van der Waals surface area contributed by atoms with Crippen LogP contribution in [0.15, 0.2) is 30.3 Å². The molecular formula is C12H8ClFN2O3. The van der Waals surface area contributed by atoms with Crippen LogP contribution >= 0.6 is 11.6 Å². The highest BCUT2D eigenvalue weighted by Gasteiger charge is 2.21. The van der Waals surface area contributed by atoms with Gasteiger partial charge in [-0.1, -0.05) is 11.6 Å². The van der Waals surface area contributed by atoms with Crippen molar-refractivity contribution in [1.82, 2.24) is 4.98 Å². The summed E-state index contributed by atoms with van der Waals surface area (Å²) in [6.45, 7) is 0. The third kappa shape index (κ3) is 2.63. The van der Waals surface area contributed by atoms with Gasteiger partial charge in [0.05, 0.1) is 17.6 Å². The van der Waals surface area contributed by atoms with E-state index in [-0.39, 0.29) is 27.8 Å². The van der Waals surface area contributed by atoms with Gasteiger partial charge in [-0.15, -0.1) is 0 Å². The van der Waals surface area contributed by atoms with Gasteiger partial charge in [-0.3, -0.25) is 10.1 Å². The van der Waals surface area contributed by atoms with Crippen molar-refractivity contribution in [2.75, 3.05) is 7.11 Å². The van der Waals surface area contributed by atoms with Crippen molar-refractivity contribution in [3.05, 3.63) is 51.4 Å². The standard InChI is InChI=1S/C12H8ClFN2O3/c1-19-10-4-2-7(14)6-8(10)12-9(16(17)18)3-5-11(13)15-12/h2-6H,1H3. The zero-order chi connectivity index (χ0) is 14.0. The molecule has 0 radical (unpaired) electrons. The third-order valence-corrected chi connectivity index (χ3v) is 2.66. The number of aromatic nitrogens is 1. The molecular weight excluding hydrogens is 275 g/mol. The van der Waals surface area contributed by atoms with Crippen molar-refractivity contribution in [1.29, 1.82) is 0 Å². The highest BCUT2D eigenvalue weighted by molar-refractivity contribution is 6.29. The molecule has 0 bridgehead atoms. The van der Waals surface area contributed by atoms with E-state index in [1.165, 1.54) is 31.4 Å². The SMILES string of the molecule is COc1ccc(F)cc1-c1nc(Cl)ccc1[N+](=O)[O-]. The van der Waals surface area contributed by atoms with Crippen LogP contribution < -0.4 is 4.74 Å². The van der Waals surface area contributed by atoms with Crippen LogP contribution in [0.4, 0.5) is 10.1 Å². The van der Waals surface area contributed by atoms with E-state index in [1.807, 2.05) is 0 Å². The molecule has 7 heteroatoms. The number of benzene rings is 1. The molecule has 0 saturated carbocycles. The van der Waals surface area contributed by atoms with E-state index < -0.39 is 10.7 Å². The Hall–Kier alpha value is -2.21. The zero-order valence-electron chi connectivity index (χ0n) is 9.76. The van der Waals surface area contributed by atoms with Crippen molar-refractivity contribution in [3.8, 4) is 17.0 Å². The molecule has 2 rings (SSSR count). The lowest BCUT2D eigenvalue weighted by molar-refractivity contribution is -0.384. The van der Waals surface area contributed by atoms with Gasteiger partial charge in [-0.25, -0.2) is 9.37 Å². The number of rotatable bonds is 3. The van der Waals surface area contributed by atoms with Gasteiger partial charge in [0.1, 0.15) is 16.7 Å². The molecule has 0 aliphatic rings. The summed E-state index contributed by atoms with van der Waals surface area (Å²) >= 11 is 5.74. The molecule has 5 nitrogen and oxygen atoms in total. The normalized spacial score (nSPS) is 10.3. The molecule has 1 aromatic heterocycles. The van der Waals surface area contributed by atoms with Crippen LogP contribution in [0.5, 0.6) is 5.75 Å². The molecule has 0 spiro atoms. The summed E-state index contributed by atoms with van der Waals surface area (Å²) < 4.78 is 18.4. The van der Waals surface area contributed by atoms with E-state index in [2.05, 4.69) is 4.98 Å². The first kappa shape index (κ1) is 13.2. The topological polar surface area (TPSA) is 65.3 Å². The first-order chi connectivity index (χ1) is 9.02. The summed E-state index contributed by atoms with van der Waals surface area (Å²) in [7, 11) is 1.38. The lowest BCUT2D eigenvalue weighted by Gasteiger charge is -2.08. The Morgan fingerprint density at radius 2 is 2.11 bits per heavy atom. The summed E-state index contributed by atoms with van der Waals surface area (Å²) in [5, 5.41) is 11.1. The van der Waals surface area contributed by atoms with Gasteiger partial charge < -0.3 is 4.74 Å². The van der Waals surface area contributed by atoms with Crippen molar-refractivity contribution < 1.29 is 14.1 Å². The van der Waals surface area contributed by atoms with E-state index in [4.69, 9.17) is 16.3 Å². The van der Waals surface area contributed by atoms with Crippen molar-refractivity contribution in [3.63, 3.8) is 0 Å². The molecule has 0 aliphatic carbocycles. The fourth-order valence-electron chi connectivity index (χ4n) is 1.64. The number of nitro groups is 1. The molecule has 19 heavy (non-hydrogen) atoms. The van der Waals surface area contributed by atoms with E-state index in [0.29, 0.717) is 0 Å². The Kier molecular flexibility index (Phi) is 3.62. The highest BCUT2D eigenvalue weighted by Crippen LogP contribution is 2.35. The molecule has 0 fully saturated rings. The molecule has 1 aromatic carbocycles. The van der Waals surface area contributed by atoms with Crippen LogP contribution in [0.2, 0.25) is 5.15 Å². The summed E-state index contributed by atoms with van der Waals surface area (Å²) in [5.41, 5.74) is -0.126. The molecule has 0 N–H and O–H groups in total. The molecule has 0 unspecified atom stereocenters. The van der Waals surface area contributed by atoms with Crippen LogP contribution in [-0.4, -0.2) is 17.0 Å². The van der Waals surface area contributed by atoms with Gasteiger partial charge in [0, 0.05) is 6.07 Å². The lowest BCUT2D eigenvalue weighted by Crippen LogP contribution is -1.97. The average Bonchev–Trinajstić information content (AvgIpc) is 2.38. The maximum absolute atomic E-state index is 13.3. The van der Waals surface area contributed by atoms with E-state index in [1.54, 1.807) is 0 Å². The molecule has 98 valence electrons. The van der Waals surface area contributed by atoms with E-state index >= 15 is 0 Å². The van der Waals surface area contributed by atoms with Gasteiger partial charge in [0.25, 0.3) is 5.69 Å². The van der Waals surface area contributed by atoms with Crippen LogP contribution in [0, 0.1) is 15.9 Å². The second-order valence-electron chi connectivity index (χ2n) is 3.60. The van der Waals surface area contributed by atoms with Gasteiger partial charge in [-0.2, -0.15) is 0 Å². The van der Waals surface area contributed by atoms with Gasteiger partial charge in [0.2, 0.25) is 0 Å². The average molecular weight is 283 g/mol. The largest absolute Gasteiger partial charge is 0.496 e. The maximum atomic E-state index is 13.3. The van der Waals surface area contributed by atoms with Crippen molar-refractivity contribution >= 4 is 17.3 Å². The maximum Gasteiger partial charge on any atom is 0.295 e. The minimum Gasteiger partial charge on any atom is -0.496 e. The summed E-state index contributed by atoms with van der Waals surface area (Å²) in [5.74, 6) is -0.272. The smallest absolute Gasteiger partial charge is 0.295 e. The summed E-state index contributed by atoms with van der Waals surface area (Å²) in [4.78, 5) is 14.3. The Morgan fingerprint density at radius 1 is 1.37 bits per heavy atom. The Balaban J connectivity index is 2.73. The van der Waals surface area contributed by atoms with Gasteiger partial charge in [-0.05, 0) is 24.3 Å². The van der Waals surface area contributed by atoms with Crippen LogP contribution in [0.1, 0.15) is 0 Å². The Morgan fingerprint density at radius 3 is 2.74 bits per heavy atom. The molecule has 0 saturated heterocycles. The number of hydrogen-bond donors (Lipinski definition) is 0. The molecule has 1 heterocycles. The molecule has 2 aromatic rings. The predicted octanol–water partition coefficient (Wildman–Crippen LogP) is 3.46. The minimum absolute atomic E-state index is 0.0335. The first-order valence-electron chi connectivity index (χ1n) is 5.18. The van der Waals surface area contributed by atoms with Gasteiger partial charge in [0.15, 0.2) is 5.69 Å². The molecule has 0 atom stereocenters. The number of hydrogen-bond acceptors (Lipinski definition) is 4. The highest BCUT2D eigenvalue weighted by atomic mass is 35.5. The molecule has 0 amide bonds. The van der Waals surface area contributed by atoms with Crippen molar-refractivity contribution in [2.24, 2.45) is 0 Å². The van der Waals surface area contributed by atoms with Crippen LogP contribution in [0.3, 0.4) is 0 Å². The fraction of sp³-hybridized carbons (Fsp3) is 0.0833. The van der Waals surface area contributed by atoms with E-state index in [9.17, 15) is 14.5 Å². The quantitative estimate of drug-likeness (QED) is 0.491. The first-order valence-corrected chi connectivity index (χ1v) is 5.55. The third-order valence-electron chi connectivity index (χ3n) is 2.45.